The fourth-order valence-electron chi connectivity index (χ4n) is 3.32. The van der Waals surface area contributed by atoms with E-state index in [1.807, 2.05) is 114 Å². The summed E-state index contributed by atoms with van der Waals surface area (Å²) in [7, 11) is 0. The topological polar surface area (TPSA) is 198 Å². The number of nitrogens with one attached hydrogen (secondary N) is 6. The van der Waals surface area contributed by atoms with Crippen molar-refractivity contribution in [1.82, 2.24) is 70.9 Å². The highest BCUT2D eigenvalue weighted by Crippen LogP contribution is 2.10. The number of aromatic nitrogens is 14. The van der Waals surface area contributed by atoms with Crippen LogP contribution in [0.5, 0.6) is 0 Å². The van der Waals surface area contributed by atoms with Crippen LogP contribution in [0.15, 0.2) is 62.1 Å². The van der Waals surface area contributed by atoms with Gasteiger partial charge in [0.05, 0.1) is 24.4 Å². The first-order valence-corrected chi connectivity index (χ1v) is 22.5. The molecule has 6 N–H and O–H groups in total. The van der Waals surface area contributed by atoms with E-state index in [1.54, 1.807) is 24.9 Å². The van der Waals surface area contributed by atoms with Gasteiger partial charge in [-0.3, -0.25) is 15.3 Å². The molecule has 0 spiro atoms. The lowest BCUT2D eigenvalue weighted by Gasteiger charge is -1.95. The molecule has 0 unspecified atom stereocenters. The van der Waals surface area contributed by atoms with Crippen molar-refractivity contribution in [2.45, 2.75) is 202 Å². The van der Waals surface area contributed by atoms with Crippen LogP contribution in [-0.2, 0) is 0 Å². The van der Waals surface area contributed by atoms with Crippen LogP contribution in [0, 0.1) is 0 Å². The highest BCUT2D eigenvalue weighted by atomic mass is 15.3. The van der Waals surface area contributed by atoms with E-state index in [0.717, 1.165) is 17.3 Å². The van der Waals surface area contributed by atoms with Gasteiger partial charge in [-0.05, 0) is 35.3 Å². The molecule has 348 valence electrons. The van der Waals surface area contributed by atoms with Crippen LogP contribution >= 0.6 is 0 Å². The monoisotopic (exact) mass is 843 g/mol. The zero-order valence-electron chi connectivity index (χ0n) is 42.8. The first-order valence-electron chi connectivity index (χ1n) is 22.5. The molecule has 0 aliphatic carbocycles. The third-order valence-corrected chi connectivity index (χ3v) is 6.54. The third kappa shape index (κ3) is 38.6. The van der Waals surface area contributed by atoms with Crippen molar-refractivity contribution in [3.63, 3.8) is 0 Å². The van der Waals surface area contributed by atoms with E-state index < -0.39 is 0 Å². The van der Waals surface area contributed by atoms with Crippen LogP contribution in [0.1, 0.15) is 236 Å². The first-order chi connectivity index (χ1) is 28.8. The number of rotatable bonds is 6. The maximum absolute atomic E-state index is 4.06. The average molecular weight is 843 g/mol. The minimum atomic E-state index is 0.456. The molecule has 0 saturated heterocycles. The van der Waals surface area contributed by atoms with Gasteiger partial charge in [-0.15, -0.1) is 0 Å². The third-order valence-electron chi connectivity index (χ3n) is 6.54. The average Bonchev–Trinajstić information content (AvgIpc) is 4.14. The van der Waals surface area contributed by atoms with Crippen molar-refractivity contribution in [2.75, 3.05) is 0 Å². The van der Waals surface area contributed by atoms with Crippen LogP contribution in [0.2, 0.25) is 0 Å². The standard InChI is InChI=1S/4C6H10N2.2C5H9N3.6C2H6/c1-5(2)6-3-7-4-8-6;1-5(2)6-3-7-8-4-6;1-5(2)6-7-3-4-8-6;1-5(2)6-3-4-7-8-6;1-4(2)5-6-3-7-8-5;1-4(2)5-3-6-8-7-5;6*1-2/h4*3-5H,1-2H3,(H,7,8);2*3-4H,1-2H3,(H,6,7,8);6*1-2H3. The molecule has 6 heterocycles. The molecule has 0 aliphatic rings. The smallest absolute Gasteiger partial charge is 0.137 e. The lowest BCUT2D eigenvalue weighted by Crippen LogP contribution is -1.88. The number of nitrogens with zero attached hydrogens (tertiary/aromatic N) is 8. The number of aromatic amines is 6. The summed E-state index contributed by atoms with van der Waals surface area (Å²) < 4.78 is 0. The second-order valence-corrected chi connectivity index (χ2v) is 12.7. The van der Waals surface area contributed by atoms with Crippen molar-refractivity contribution >= 4 is 0 Å². The SMILES string of the molecule is CC.CC.CC.CC.CC.CC.CC(C)c1ccn[nH]1.CC(C)c1cn[nH]c1.CC(C)c1cn[nH]n1.CC(C)c1cnc[nH]1.CC(C)c1ncc[nH]1.CC(C)c1ncn[nH]1. The molecule has 0 aromatic carbocycles. The van der Waals surface area contributed by atoms with E-state index in [0.29, 0.717) is 35.5 Å². The molecule has 0 fully saturated rings. The minimum absolute atomic E-state index is 0.456. The quantitative estimate of drug-likeness (QED) is 0.0951. The Morgan fingerprint density at radius 2 is 1.03 bits per heavy atom. The second-order valence-electron chi connectivity index (χ2n) is 12.7. The van der Waals surface area contributed by atoms with Crippen molar-refractivity contribution in [1.29, 1.82) is 0 Å². The maximum Gasteiger partial charge on any atom is 0.137 e. The Bertz CT molecular complexity index is 1150. The predicted molar refractivity (Wildman–Crippen MR) is 260 cm³/mol. The summed E-state index contributed by atoms with van der Waals surface area (Å²) in [6.45, 7) is 49.3. The normalized spacial score (nSPS) is 8.90. The van der Waals surface area contributed by atoms with Gasteiger partial charge in [0.1, 0.15) is 18.0 Å². The molecule has 0 atom stereocenters. The molecule has 6 aromatic heterocycles. The molecule has 0 radical (unpaired) electrons. The number of H-pyrrole nitrogens is 6. The maximum atomic E-state index is 4.06. The molecule has 0 bridgehead atoms. The van der Waals surface area contributed by atoms with E-state index in [2.05, 4.69) is 154 Å². The van der Waals surface area contributed by atoms with E-state index >= 15 is 0 Å². The van der Waals surface area contributed by atoms with Crippen LogP contribution in [0.25, 0.3) is 0 Å². The van der Waals surface area contributed by atoms with Gasteiger partial charge < -0.3 is 9.97 Å². The number of imidazole rings is 2. The lowest BCUT2D eigenvalue weighted by atomic mass is 10.1. The molecular weight excluding hydrogens is 749 g/mol. The Kier molecular flexibility index (Phi) is 56.1. The minimum Gasteiger partial charge on any atom is -0.348 e. The Labute approximate surface area is 368 Å². The molecule has 60 heavy (non-hydrogen) atoms. The summed E-state index contributed by atoms with van der Waals surface area (Å²) in [4.78, 5) is 17.9. The van der Waals surface area contributed by atoms with Crippen molar-refractivity contribution in [3.05, 3.63) is 96.4 Å². The van der Waals surface area contributed by atoms with Gasteiger partial charge >= 0.3 is 0 Å². The summed E-state index contributed by atoms with van der Waals surface area (Å²) in [5.74, 6) is 5.19. The zero-order valence-corrected chi connectivity index (χ0v) is 42.8. The van der Waals surface area contributed by atoms with Gasteiger partial charge in [-0.1, -0.05) is 166 Å². The first kappa shape index (κ1) is 66.9. The highest BCUT2D eigenvalue weighted by molar-refractivity contribution is 5.07. The molecule has 14 nitrogen and oxygen atoms in total. The number of hydrogen-bond acceptors (Lipinski definition) is 8. The summed E-state index contributed by atoms with van der Waals surface area (Å²) in [6, 6.07) is 1.99. The fourth-order valence-corrected chi connectivity index (χ4v) is 3.32. The van der Waals surface area contributed by atoms with Gasteiger partial charge in [-0.2, -0.15) is 30.7 Å². The van der Waals surface area contributed by atoms with Crippen LogP contribution < -0.4 is 0 Å². The van der Waals surface area contributed by atoms with Crippen molar-refractivity contribution < 1.29 is 0 Å². The Hall–Kier alpha value is -4.88. The summed E-state index contributed by atoms with van der Waals surface area (Å²) in [5.41, 5.74) is 4.69. The lowest BCUT2D eigenvalue weighted by molar-refractivity contribution is 0.781. The van der Waals surface area contributed by atoms with Crippen LogP contribution in [0.3, 0.4) is 0 Å². The Morgan fingerprint density at radius 3 is 1.23 bits per heavy atom. The van der Waals surface area contributed by atoms with E-state index in [4.69, 9.17) is 0 Å². The van der Waals surface area contributed by atoms with Crippen molar-refractivity contribution in [2.24, 2.45) is 0 Å². The molecule has 0 saturated carbocycles. The van der Waals surface area contributed by atoms with Crippen LogP contribution in [0.4, 0.5) is 0 Å². The summed E-state index contributed by atoms with van der Waals surface area (Å²) in [5, 5.41) is 29.9. The fraction of sp³-hybridized carbons (Fsp3) is 0.652. The number of hydrogen-bond donors (Lipinski definition) is 6. The van der Waals surface area contributed by atoms with Gasteiger partial charge in [0.15, 0.2) is 0 Å². The van der Waals surface area contributed by atoms with E-state index in [1.165, 1.54) is 23.3 Å². The highest BCUT2D eigenvalue weighted by Gasteiger charge is 2.00. The van der Waals surface area contributed by atoms with E-state index in [-0.39, 0.29) is 0 Å². The molecule has 14 heteroatoms. The predicted octanol–water partition coefficient (Wildman–Crippen LogP) is 14.1. The molecule has 6 rings (SSSR count). The van der Waals surface area contributed by atoms with E-state index in [9.17, 15) is 0 Å². The van der Waals surface area contributed by atoms with Crippen molar-refractivity contribution in [3.8, 4) is 0 Å². The van der Waals surface area contributed by atoms with Gasteiger partial charge in [-0.25, -0.2) is 15.0 Å². The largest absolute Gasteiger partial charge is 0.348 e. The Morgan fingerprint density at radius 1 is 0.467 bits per heavy atom. The Balaban J connectivity index is -0.000000139. The summed E-state index contributed by atoms with van der Waals surface area (Å²) >= 11 is 0. The van der Waals surface area contributed by atoms with Gasteiger partial charge in [0.2, 0.25) is 0 Å². The summed E-state index contributed by atoms with van der Waals surface area (Å²) in [6.07, 6.45) is 16.0. The van der Waals surface area contributed by atoms with Gasteiger partial charge in [0.25, 0.3) is 0 Å². The molecule has 0 aliphatic heterocycles. The molecule has 6 aromatic rings. The second kappa shape index (κ2) is 50.3. The zero-order chi connectivity index (χ0) is 47.9. The molecule has 0 amide bonds. The van der Waals surface area contributed by atoms with Gasteiger partial charge in [0, 0.05) is 54.2 Å². The van der Waals surface area contributed by atoms with Crippen LogP contribution in [-0.4, -0.2) is 70.9 Å². The molecular formula is C46H94N14.